The molecule has 0 aromatic heterocycles. The fraction of sp³-hybridized carbons (Fsp3) is 0.250. The Bertz CT molecular complexity index is 389. The van der Waals surface area contributed by atoms with Crippen LogP contribution in [0.4, 0.5) is 26.3 Å². The Labute approximate surface area is 90.6 Å². The number of hydrogen-bond donors (Lipinski definition) is 0. The number of benzene rings is 1. The van der Waals surface area contributed by atoms with Crippen molar-refractivity contribution in [3.05, 3.63) is 28.5 Å². The Kier molecular flexibility index (Phi) is 3.57. The van der Waals surface area contributed by atoms with Crippen molar-refractivity contribution >= 4 is 11.6 Å². The van der Waals surface area contributed by atoms with Crippen molar-refractivity contribution < 1.29 is 31.1 Å². The smallest absolute Gasteiger partial charge is 0.421 e. The molecule has 0 amide bonds. The maximum atomic E-state index is 12.8. The van der Waals surface area contributed by atoms with Gasteiger partial charge in [0.05, 0.1) is 5.02 Å². The summed E-state index contributed by atoms with van der Waals surface area (Å²) in [4.78, 5) is 0. The molecule has 0 heterocycles. The summed E-state index contributed by atoms with van der Waals surface area (Å²) in [5, 5.41) is -1.30. The van der Waals surface area contributed by atoms with Crippen molar-refractivity contribution in [3.63, 3.8) is 0 Å². The number of halogens is 7. The molecule has 8 heteroatoms. The summed E-state index contributed by atoms with van der Waals surface area (Å²) < 4.78 is 77.0. The summed E-state index contributed by atoms with van der Waals surface area (Å²) >= 11 is 5.05. The van der Waals surface area contributed by atoms with Crippen LogP contribution in [-0.4, -0.2) is 6.61 Å². The Morgan fingerprint density at radius 3 is 2.19 bits per heavy atom. The Morgan fingerprint density at radius 2 is 1.75 bits per heavy atom. The van der Waals surface area contributed by atoms with E-state index in [1.54, 1.807) is 0 Å². The minimum Gasteiger partial charge on any atom is -0.434 e. The van der Waals surface area contributed by atoms with Crippen LogP contribution in [-0.2, 0) is 6.18 Å². The first-order valence-electron chi connectivity index (χ1n) is 3.73. The van der Waals surface area contributed by atoms with Crippen molar-refractivity contribution in [1.82, 2.24) is 0 Å². The standard InChI is InChI=1S/C8H3ClF6O/c9-6-3(10)1-2-4(16-7(11)12)5(6)8(13,14)15/h1-2,7H. The molecule has 0 N–H and O–H groups in total. The third-order valence-electron chi connectivity index (χ3n) is 1.56. The summed E-state index contributed by atoms with van der Waals surface area (Å²) in [6.07, 6.45) is -5.08. The van der Waals surface area contributed by atoms with Crippen LogP contribution in [0.25, 0.3) is 0 Å². The Morgan fingerprint density at radius 1 is 1.19 bits per heavy atom. The van der Waals surface area contributed by atoms with Gasteiger partial charge in [0.15, 0.2) is 0 Å². The number of rotatable bonds is 2. The van der Waals surface area contributed by atoms with Gasteiger partial charge in [0, 0.05) is 0 Å². The second-order valence-corrected chi connectivity index (χ2v) is 2.99. The lowest BCUT2D eigenvalue weighted by Gasteiger charge is -2.14. The second-order valence-electron chi connectivity index (χ2n) is 2.61. The second kappa shape index (κ2) is 4.40. The minimum atomic E-state index is -5.08. The molecule has 0 fully saturated rings. The van der Waals surface area contributed by atoms with E-state index in [0.717, 1.165) is 0 Å². The van der Waals surface area contributed by atoms with E-state index in [2.05, 4.69) is 4.74 Å². The molecule has 0 saturated carbocycles. The lowest BCUT2D eigenvalue weighted by atomic mass is 10.2. The Hall–Kier alpha value is -1.11. The maximum absolute atomic E-state index is 12.8. The molecule has 0 aliphatic carbocycles. The quantitative estimate of drug-likeness (QED) is 0.731. The molecule has 1 rings (SSSR count). The molecule has 1 aromatic carbocycles. The molecule has 0 bridgehead atoms. The molecule has 90 valence electrons. The SMILES string of the molecule is Fc1ccc(OC(F)F)c(C(F)(F)F)c1Cl. The van der Waals surface area contributed by atoms with Gasteiger partial charge in [-0.05, 0) is 12.1 Å². The van der Waals surface area contributed by atoms with Gasteiger partial charge in [0.2, 0.25) is 0 Å². The van der Waals surface area contributed by atoms with Crippen molar-refractivity contribution in [2.24, 2.45) is 0 Å². The van der Waals surface area contributed by atoms with Crippen LogP contribution < -0.4 is 4.74 Å². The highest BCUT2D eigenvalue weighted by atomic mass is 35.5. The number of hydrogen-bond acceptors (Lipinski definition) is 1. The average molecular weight is 265 g/mol. The van der Waals surface area contributed by atoms with Gasteiger partial charge in [0.1, 0.15) is 17.1 Å². The van der Waals surface area contributed by atoms with E-state index >= 15 is 0 Å². The van der Waals surface area contributed by atoms with Crippen LogP contribution in [0, 0.1) is 5.82 Å². The van der Waals surface area contributed by atoms with Gasteiger partial charge in [0.25, 0.3) is 0 Å². The summed E-state index contributed by atoms with van der Waals surface area (Å²) in [6, 6.07) is 0.950. The maximum Gasteiger partial charge on any atom is 0.421 e. The van der Waals surface area contributed by atoms with Gasteiger partial charge in [-0.25, -0.2) is 4.39 Å². The van der Waals surface area contributed by atoms with Crippen LogP contribution in [0.3, 0.4) is 0 Å². The van der Waals surface area contributed by atoms with Crippen molar-refractivity contribution in [1.29, 1.82) is 0 Å². The van der Waals surface area contributed by atoms with E-state index in [-0.39, 0.29) is 0 Å². The molecule has 0 atom stereocenters. The van der Waals surface area contributed by atoms with Crippen molar-refractivity contribution in [3.8, 4) is 5.75 Å². The molecule has 1 aromatic rings. The highest BCUT2D eigenvalue weighted by molar-refractivity contribution is 6.31. The molecule has 1 nitrogen and oxygen atoms in total. The summed E-state index contributed by atoms with van der Waals surface area (Å²) in [6.45, 7) is -3.46. The van der Waals surface area contributed by atoms with Crippen LogP contribution in [0.1, 0.15) is 5.56 Å². The zero-order valence-electron chi connectivity index (χ0n) is 7.29. The van der Waals surface area contributed by atoms with Gasteiger partial charge < -0.3 is 4.74 Å². The van der Waals surface area contributed by atoms with E-state index < -0.39 is 34.9 Å². The molecule has 0 aliphatic heterocycles. The molecule has 0 saturated heterocycles. The largest absolute Gasteiger partial charge is 0.434 e. The molecule has 0 spiro atoms. The van der Waals surface area contributed by atoms with Gasteiger partial charge in [-0.1, -0.05) is 11.6 Å². The fourth-order valence-corrected chi connectivity index (χ4v) is 1.25. The van der Waals surface area contributed by atoms with E-state index in [1.807, 2.05) is 0 Å². The van der Waals surface area contributed by atoms with Gasteiger partial charge in [-0.2, -0.15) is 22.0 Å². The molecule has 0 aliphatic rings. The number of ether oxygens (including phenoxy) is 1. The molecule has 16 heavy (non-hydrogen) atoms. The first kappa shape index (κ1) is 13.0. The van der Waals surface area contributed by atoms with Crippen LogP contribution >= 0.6 is 11.6 Å². The van der Waals surface area contributed by atoms with Crippen LogP contribution in [0.2, 0.25) is 5.02 Å². The lowest BCUT2D eigenvalue weighted by molar-refractivity contribution is -0.142. The predicted octanol–water partition coefficient (Wildman–Crippen LogP) is 4.10. The lowest BCUT2D eigenvalue weighted by Crippen LogP contribution is -2.12. The first-order valence-corrected chi connectivity index (χ1v) is 4.11. The normalized spacial score (nSPS) is 12.0. The summed E-state index contributed by atoms with van der Waals surface area (Å²) in [5.74, 6) is -2.58. The van der Waals surface area contributed by atoms with Crippen LogP contribution in [0.5, 0.6) is 5.75 Å². The zero-order valence-corrected chi connectivity index (χ0v) is 8.04. The average Bonchev–Trinajstić information content (AvgIpc) is 2.08. The third kappa shape index (κ3) is 2.72. The zero-order chi connectivity index (χ0) is 12.5. The van der Waals surface area contributed by atoms with E-state index in [9.17, 15) is 26.3 Å². The minimum absolute atomic E-state index is 0.441. The molecular formula is C8H3ClF6O. The van der Waals surface area contributed by atoms with E-state index in [1.165, 1.54) is 0 Å². The van der Waals surface area contributed by atoms with Gasteiger partial charge in [-0.15, -0.1) is 0 Å². The van der Waals surface area contributed by atoms with Crippen molar-refractivity contribution in [2.75, 3.05) is 0 Å². The summed E-state index contributed by atoms with van der Waals surface area (Å²) in [5.41, 5.74) is -1.76. The fourth-order valence-electron chi connectivity index (χ4n) is 0.991. The highest BCUT2D eigenvalue weighted by Gasteiger charge is 2.39. The highest BCUT2D eigenvalue weighted by Crippen LogP contribution is 2.42. The van der Waals surface area contributed by atoms with E-state index in [0.29, 0.717) is 12.1 Å². The first-order chi connectivity index (χ1) is 7.23. The topological polar surface area (TPSA) is 9.23 Å². The molecule has 0 unspecified atom stereocenters. The number of alkyl halides is 5. The Balaban J connectivity index is 3.33. The molecule has 0 radical (unpaired) electrons. The van der Waals surface area contributed by atoms with Gasteiger partial charge >= 0.3 is 12.8 Å². The molecular weight excluding hydrogens is 262 g/mol. The van der Waals surface area contributed by atoms with Gasteiger partial charge in [-0.3, -0.25) is 0 Å². The summed E-state index contributed by atoms with van der Waals surface area (Å²) in [7, 11) is 0. The van der Waals surface area contributed by atoms with Crippen molar-refractivity contribution in [2.45, 2.75) is 12.8 Å². The van der Waals surface area contributed by atoms with E-state index in [4.69, 9.17) is 11.6 Å². The monoisotopic (exact) mass is 264 g/mol. The third-order valence-corrected chi connectivity index (χ3v) is 1.93. The predicted molar refractivity (Wildman–Crippen MR) is 43.0 cm³/mol. The van der Waals surface area contributed by atoms with Crippen LogP contribution in [0.15, 0.2) is 12.1 Å².